The van der Waals surface area contributed by atoms with E-state index in [9.17, 15) is 9.90 Å². The Kier molecular flexibility index (Phi) is 4.44. The quantitative estimate of drug-likeness (QED) is 0.436. The number of rotatable bonds is 4. The highest BCUT2D eigenvalue weighted by Crippen LogP contribution is 2.27. The number of aromatic hydroxyl groups is 1. The van der Waals surface area contributed by atoms with Crippen LogP contribution in [-0.2, 0) is 0 Å². The molecular weight excluding hydrogens is 433 g/mol. The van der Waals surface area contributed by atoms with Crippen LogP contribution in [0.15, 0.2) is 34.2 Å². The second kappa shape index (κ2) is 7.15. The molecule has 0 amide bonds. The third kappa shape index (κ3) is 3.74. The molecule has 30 heavy (non-hydrogen) atoms. The van der Waals surface area contributed by atoms with Crippen molar-refractivity contribution in [2.24, 2.45) is 4.99 Å². The normalized spacial score (nSPS) is 15.3. The zero-order valence-electron chi connectivity index (χ0n) is 15.1. The van der Waals surface area contributed by atoms with Crippen molar-refractivity contribution in [1.29, 1.82) is 0 Å². The number of nitrogens with zero attached hydrogens (tertiary/aromatic N) is 5. The summed E-state index contributed by atoms with van der Waals surface area (Å²) in [4.78, 5) is 29.5. The van der Waals surface area contributed by atoms with Crippen molar-refractivity contribution in [3.63, 3.8) is 0 Å². The molecule has 0 spiro atoms. The minimum Gasteiger partial charge on any atom is -0.493 e. The van der Waals surface area contributed by atoms with Gasteiger partial charge >= 0.3 is 11.7 Å². The Morgan fingerprint density at radius 3 is 2.63 bits per heavy atom. The molecule has 0 bridgehead atoms. The fraction of sp³-hybridized carbons (Fsp3) is 0.167. The van der Waals surface area contributed by atoms with E-state index in [4.69, 9.17) is 27.9 Å². The predicted molar refractivity (Wildman–Crippen MR) is 108 cm³/mol. The first-order valence-electron chi connectivity index (χ1n) is 8.91. The zero-order chi connectivity index (χ0) is 20.8. The summed E-state index contributed by atoms with van der Waals surface area (Å²) >= 11 is 12.1. The summed E-state index contributed by atoms with van der Waals surface area (Å²) < 4.78 is 7.25. The lowest BCUT2D eigenvalue weighted by atomic mass is 10.3. The van der Waals surface area contributed by atoms with Gasteiger partial charge in [0.25, 0.3) is 5.62 Å². The monoisotopic (exact) mass is 445 g/mol. The number of hydrogen-bond acceptors (Lipinski definition) is 7. The molecule has 4 aromatic rings. The topological polar surface area (TPSA) is 134 Å². The van der Waals surface area contributed by atoms with Gasteiger partial charge in [0.15, 0.2) is 5.65 Å². The lowest BCUT2D eigenvalue weighted by Crippen LogP contribution is -2.23. The first-order chi connectivity index (χ1) is 14.4. The third-order valence-corrected chi connectivity index (χ3v) is 4.72. The number of nitrogens with one attached hydrogen (secondary N) is 2. The molecule has 0 radical (unpaired) electrons. The Hall–Kier alpha value is -3.37. The molecule has 1 aliphatic rings. The molecule has 5 rings (SSSR count). The van der Waals surface area contributed by atoms with Gasteiger partial charge in [0, 0.05) is 15.3 Å². The van der Waals surface area contributed by atoms with Gasteiger partial charge in [0.2, 0.25) is 5.88 Å². The summed E-state index contributed by atoms with van der Waals surface area (Å²) in [6.07, 6.45) is 5.01. The zero-order valence-corrected chi connectivity index (χ0v) is 16.6. The molecule has 10 nitrogen and oxygen atoms in total. The number of hydrogen-bond donors (Lipinski definition) is 3. The maximum Gasteiger partial charge on any atom is 0.327 e. The SMILES string of the molecule is O=c1[nH]c(O)c(C=c2cnn3c(=NC4CC4)nc(Oc4cc(Cl)cc(Cl)c4)nc23)[nH]1. The number of fused-ring (bicyclic) bond motifs is 1. The Morgan fingerprint density at radius 2 is 1.97 bits per heavy atom. The predicted octanol–water partition coefficient (Wildman–Crippen LogP) is 1.56. The number of aromatic nitrogens is 6. The van der Waals surface area contributed by atoms with Crippen LogP contribution < -0.4 is 21.3 Å². The largest absolute Gasteiger partial charge is 0.493 e. The molecule has 1 aromatic carbocycles. The average molecular weight is 446 g/mol. The van der Waals surface area contributed by atoms with Crippen LogP contribution in [0.3, 0.4) is 0 Å². The molecule has 3 aromatic heterocycles. The minimum absolute atomic E-state index is 0.0298. The summed E-state index contributed by atoms with van der Waals surface area (Å²) in [7, 11) is 0. The Morgan fingerprint density at radius 1 is 1.20 bits per heavy atom. The molecule has 0 aliphatic heterocycles. The van der Waals surface area contributed by atoms with Crippen molar-refractivity contribution in [2.45, 2.75) is 18.9 Å². The first kappa shape index (κ1) is 18.6. The van der Waals surface area contributed by atoms with Gasteiger partial charge in [0.1, 0.15) is 11.4 Å². The van der Waals surface area contributed by atoms with E-state index in [0.717, 1.165) is 12.8 Å². The van der Waals surface area contributed by atoms with Crippen molar-refractivity contribution >= 4 is 34.9 Å². The van der Waals surface area contributed by atoms with Crippen LogP contribution in [-0.4, -0.2) is 40.7 Å². The van der Waals surface area contributed by atoms with E-state index in [1.54, 1.807) is 18.2 Å². The molecule has 152 valence electrons. The molecule has 0 unspecified atom stereocenters. The van der Waals surface area contributed by atoms with E-state index in [1.807, 2.05) is 0 Å². The van der Waals surface area contributed by atoms with Crippen LogP contribution in [0.25, 0.3) is 11.7 Å². The van der Waals surface area contributed by atoms with Crippen molar-refractivity contribution in [2.75, 3.05) is 0 Å². The maximum atomic E-state index is 11.4. The van der Waals surface area contributed by atoms with Crippen molar-refractivity contribution in [1.82, 2.24) is 29.5 Å². The molecule has 1 aliphatic carbocycles. The maximum absolute atomic E-state index is 11.4. The van der Waals surface area contributed by atoms with E-state index < -0.39 is 5.69 Å². The number of imidazole rings is 1. The van der Waals surface area contributed by atoms with Crippen molar-refractivity contribution in [3.8, 4) is 17.6 Å². The number of H-pyrrole nitrogens is 2. The van der Waals surface area contributed by atoms with Gasteiger partial charge in [0.05, 0.1) is 12.2 Å². The van der Waals surface area contributed by atoms with Gasteiger partial charge in [-0.15, -0.1) is 0 Å². The molecule has 0 saturated heterocycles. The average Bonchev–Trinajstić information content (AvgIpc) is 3.30. The van der Waals surface area contributed by atoms with Crippen LogP contribution in [0, 0.1) is 0 Å². The third-order valence-electron chi connectivity index (χ3n) is 4.28. The van der Waals surface area contributed by atoms with E-state index in [2.05, 4.69) is 30.0 Å². The van der Waals surface area contributed by atoms with E-state index in [-0.39, 0.29) is 23.6 Å². The van der Waals surface area contributed by atoms with Crippen molar-refractivity contribution < 1.29 is 9.84 Å². The van der Waals surface area contributed by atoms with E-state index >= 15 is 0 Å². The lowest BCUT2D eigenvalue weighted by Gasteiger charge is -2.05. The second-order valence-electron chi connectivity index (χ2n) is 6.69. The number of halogens is 2. The van der Waals surface area contributed by atoms with Crippen molar-refractivity contribution in [3.05, 3.63) is 61.5 Å². The van der Waals surface area contributed by atoms with Gasteiger partial charge in [-0.3, -0.25) is 4.98 Å². The van der Waals surface area contributed by atoms with Gasteiger partial charge < -0.3 is 14.8 Å². The fourth-order valence-corrected chi connectivity index (χ4v) is 3.31. The lowest BCUT2D eigenvalue weighted by molar-refractivity contribution is 0.435. The molecular formula is C18H13Cl2N7O3. The van der Waals surface area contributed by atoms with Crippen LogP contribution in [0.1, 0.15) is 18.5 Å². The summed E-state index contributed by atoms with van der Waals surface area (Å²) in [5.41, 5.74) is 0.375. The van der Waals surface area contributed by atoms with E-state index in [0.29, 0.717) is 32.3 Å². The van der Waals surface area contributed by atoms with Gasteiger partial charge in [-0.2, -0.15) is 19.6 Å². The Labute approximate surface area is 177 Å². The summed E-state index contributed by atoms with van der Waals surface area (Å²) in [6, 6.07) is 4.97. The Balaban J connectivity index is 1.68. The van der Waals surface area contributed by atoms with E-state index in [1.165, 1.54) is 16.8 Å². The molecule has 0 atom stereocenters. The minimum atomic E-state index is -0.531. The summed E-state index contributed by atoms with van der Waals surface area (Å²) in [5.74, 6) is 0.0771. The highest BCUT2D eigenvalue weighted by atomic mass is 35.5. The van der Waals surface area contributed by atoms with Crippen LogP contribution in [0.4, 0.5) is 0 Å². The van der Waals surface area contributed by atoms with Gasteiger partial charge in [-0.1, -0.05) is 23.2 Å². The fourth-order valence-electron chi connectivity index (χ4n) is 2.80. The first-order valence-corrected chi connectivity index (χ1v) is 9.67. The summed E-state index contributed by atoms with van der Waals surface area (Å²) in [5, 5.41) is 15.5. The summed E-state index contributed by atoms with van der Waals surface area (Å²) in [6.45, 7) is 0. The van der Waals surface area contributed by atoms with Gasteiger partial charge in [-0.05, 0) is 37.1 Å². The van der Waals surface area contributed by atoms with Crippen LogP contribution in [0.5, 0.6) is 17.6 Å². The van der Waals surface area contributed by atoms with Crippen LogP contribution in [0.2, 0.25) is 10.0 Å². The standard InChI is InChI=1S/C18H13Cl2N7O3/c19-9-4-10(20)6-12(5-9)30-18-24-14-8(3-13-15(28)25-17(29)23-13)7-21-27(14)16(26-18)22-11-1-2-11/h3-7,11,28H,1-2H2,(H2,23,25,29). The van der Waals surface area contributed by atoms with Gasteiger partial charge in [-0.25, -0.2) is 9.79 Å². The number of ether oxygens (including phenoxy) is 1. The molecule has 12 heteroatoms. The highest BCUT2D eigenvalue weighted by Gasteiger charge is 2.21. The molecule has 1 fully saturated rings. The second-order valence-corrected chi connectivity index (χ2v) is 7.57. The van der Waals surface area contributed by atoms with Crippen LogP contribution >= 0.6 is 23.2 Å². The highest BCUT2D eigenvalue weighted by molar-refractivity contribution is 6.34. The molecule has 3 heterocycles. The molecule has 3 N–H and O–H groups in total. The number of aromatic amines is 2. The molecule has 1 saturated carbocycles. The number of benzene rings is 1. The smallest absolute Gasteiger partial charge is 0.327 e. The Bertz CT molecular complexity index is 1430.